The van der Waals surface area contributed by atoms with Crippen LogP contribution in [0.3, 0.4) is 0 Å². The molecule has 0 aromatic carbocycles. The molecule has 2 aromatic heterocycles. The van der Waals surface area contributed by atoms with Gasteiger partial charge in [0.15, 0.2) is 17.0 Å². The van der Waals surface area contributed by atoms with Crippen molar-refractivity contribution >= 4 is 29.0 Å². The number of carbonyl (C=O) groups excluding carboxylic acids is 1. The van der Waals surface area contributed by atoms with E-state index in [4.69, 9.17) is 20.4 Å². The zero-order valence-electron chi connectivity index (χ0n) is 19.4. The molecule has 0 spiro atoms. The first-order chi connectivity index (χ1) is 15.4. The number of likely N-dealkylation sites (tertiary alicyclic amines) is 1. The van der Waals surface area contributed by atoms with Gasteiger partial charge < -0.3 is 30.6 Å². The van der Waals surface area contributed by atoms with Gasteiger partial charge in [-0.25, -0.2) is 9.78 Å². The molecule has 1 saturated carbocycles. The summed E-state index contributed by atoms with van der Waals surface area (Å²) in [5.74, 6) is 1.38. The van der Waals surface area contributed by atoms with E-state index in [9.17, 15) is 4.79 Å². The van der Waals surface area contributed by atoms with E-state index in [1.807, 2.05) is 13.3 Å². The molecular formula is C22H36N8O2. The highest BCUT2D eigenvalue weighted by Crippen LogP contribution is 2.27. The van der Waals surface area contributed by atoms with E-state index in [1.165, 1.54) is 0 Å². The topological polar surface area (TPSA) is 123 Å². The summed E-state index contributed by atoms with van der Waals surface area (Å²) >= 11 is 0. The second-order valence-corrected chi connectivity index (χ2v) is 9.17. The number of nitrogens with two attached hydrogens (primary N) is 1. The maximum atomic E-state index is 12.0. The lowest BCUT2D eigenvalue weighted by atomic mass is 9.92. The molecule has 3 heterocycles. The van der Waals surface area contributed by atoms with Gasteiger partial charge in [-0.05, 0) is 59.3 Å². The molecule has 0 bridgehead atoms. The number of nitrogens with zero attached hydrogens (tertiary/aromatic N) is 5. The fraction of sp³-hybridized carbons (Fsp3) is 0.727. The van der Waals surface area contributed by atoms with E-state index >= 15 is 0 Å². The third-order valence-electron chi connectivity index (χ3n) is 6.44. The average Bonchev–Trinajstić information content (AvgIpc) is 3.21. The van der Waals surface area contributed by atoms with Crippen LogP contribution in [0.4, 0.5) is 16.6 Å². The molecular weight excluding hydrogens is 408 g/mol. The maximum Gasteiger partial charge on any atom is 0.409 e. The Morgan fingerprint density at radius 3 is 2.47 bits per heavy atom. The van der Waals surface area contributed by atoms with E-state index in [1.54, 1.807) is 4.90 Å². The molecule has 0 unspecified atom stereocenters. The van der Waals surface area contributed by atoms with E-state index < -0.39 is 0 Å². The zero-order valence-corrected chi connectivity index (χ0v) is 19.4. The summed E-state index contributed by atoms with van der Waals surface area (Å²) < 4.78 is 7.21. The lowest BCUT2D eigenvalue weighted by Gasteiger charge is -2.32. The predicted molar refractivity (Wildman–Crippen MR) is 125 cm³/mol. The number of anilines is 2. The highest BCUT2D eigenvalue weighted by molar-refractivity contribution is 5.84. The van der Waals surface area contributed by atoms with Gasteiger partial charge in [-0.1, -0.05) is 0 Å². The second-order valence-electron chi connectivity index (χ2n) is 9.17. The zero-order chi connectivity index (χ0) is 22.7. The van der Waals surface area contributed by atoms with Gasteiger partial charge in [-0.15, -0.1) is 0 Å². The van der Waals surface area contributed by atoms with Crippen LogP contribution in [-0.2, 0) is 4.74 Å². The Morgan fingerprint density at radius 2 is 1.81 bits per heavy atom. The van der Waals surface area contributed by atoms with Crippen LogP contribution in [0.25, 0.3) is 11.2 Å². The molecule has 4 N–H and O–H groups in total. The van der Waals surface area contributed by atoms with Crippen molar-refractivity contribution in [3.8, 4) is 0 Å². The Morgan fingerprint density at radius 1 is 1.12 bits per heavy atom. The van der Waals surface area contributed by atoms with Crippen LogP contribution in [0.15, 0.2) is 6.33 Å². The van der Waals surface area contributed by atoms with Crippen LogP contribution in [-0.4, -0.2) is 68.3 Å². The Labute approximate surface area is 189 Å². The van der Waals surface area contributed by atoms with Crippen molar-refractivity contribution in [2.75, 3.05) is 30.3 Å². The fourth-order valence-corrected chi connectivity index (χ4v) is 4.52. The molecule has 4 rings (SSSR count). The molecule has 32 heavy (non-hydrogen) atoms. The molecule has 1 amide bonds. The van der Waals surface area contributed by atoms with Crippen LogP contribution < -0.4 is 16.4 Å². The van der Waals surface area contributed by atoms with Crippen LogP contribution >= 0.6 is 0 Å². The summed E-state index contributed by atoms with van der Waals surface area (Å²) in [4.78, 5) is 28.0. The minimum absolute atomic E-state index is 0.212. The van der Waals surface area contributed by atoms with Gasteiger partial charge in [-0.3, -0.25) is 0 Å². The smallest absolute Gasteiger partial charge is 0.409 e. The minimum atomic E-state index is -0.232. The molecule has 0 atom stereocenters. The molecule has 10 heteroatoms. The van der Waals surface area contributed by atoms with E-state index in [0.29, 0.717) is 37.7 Å². The number of hydrogen-bond donors (Lipinski definition) is 3. The molecule has 1 saturated heterocycles. The number of rotatable bonds is 6. The highest BCUT2D eigenvalue weighted by atomic mass is 16.6. The minimum Gasteiger partial charge on any atom is -0.450 e. The third kappa shape index (κ3) is 5.06. The first-order valence-corrected chi connectivity index (χ1v) is 11.9. The van der Waals surface area contributed by atoms with Gasteiger partial charge in [0, 0.05) is 37.3 Å². The SMILES string of the molecule is CCOC(=O)N1CCC(Nc2nc(NC3CCC(N)CC3)nc3c2ncn3C(C)C)CC1. The van der Waals surface area contributed by atoms with Gasteiger partial charge in [0.2, 0.25) is 5.95 Å². The molecule has 1 aliphatic carbocycles. The Hall–Kier alpha value is -2.62. The average molecular weight is 445 g/mol. The number of nitrogens with one attached hydrogen (secondary N) is 2. The van der Waals surface area contributed by atoms with Crippen molar-refractivity contribution in [2.45, 2.75) is 83.5 Å². The van der Waals surface area contributed by atoms with Gasteiger partial charge in [-0.2, -0.15) is 9.97 Å². The lowest BCUT2D eigenvalue weighted by Crippen LogP contribution is -2.42. The molecule has 2 fully saturated rings. The number of amides is 1. The second kappa shape index (κ2) is 9.89. The Kier molecular flexibility index (Phi) is 6.98. The number of carbonyl (C=O) groups is 1. The van der Waals surface area contributed by atoms with Crippen molar-refractivity contribution in [3.05, 3.63) is 6.33 Å². The summed E-state index contributed by atoms with van der Waals surface area (Å²) in [6.07, 6.45) is 7.37. The van der Waals surface area contributed by atoms with E-state index in [0.717, 1.165) is 55.5 Å². The summed E-state index contributed by atoms with van der Waals surface area (Å²) in [6.45, 7) is 7.80. The van der Waals surface area contributed by atoms with Gasteiger partial charge in [0.05, 0.1) is 12.9 Å². The van der Waals surface area contributed by atoms with E-state index in [-0.39, 0.29) is 18.2 Å². The van der Waals surface area contributed by atoms with Gasteiger partial charge in [0.25, 0.3) is 0 Å². The Balaban J connectivity index is 1.51. The van der Waals surface area contributed by atoms with Crippen molar-refractivity contribution in [1.82, 2.24) is 24.4 Å². The first-order valence-electron chi connectivity index (χ1n) is 11.9. The summed E-state index contributed by atoms with van der Waals surface area (Å²) in [5, 5.41) is 7.12. The monoisotopic (exact) mass is 444 g/mol. The molecule has 176 valence electrons. The lowest BCUT2D eigenvalue weighted by molar-refractivity contribution is 0.0983. The van der Waals surface area contributed by atoms with Crippen LogP contribution in [0, 0.1) is 0 Å². The Bertz CT molecular complexity index is 914. The summed E-state index contributed by atoms with van der Waals surface area (Å²) in [5.41, 5.74) is 7.67. The number of ether oxygens (including phenoxy) is 1. The van der Waals surface area contributed by atoms with Gasteiger partial charge in [0.1, 0.15) is 0 Å². The largest absolute Gasteiger partial charge is 0.450 e. The van der Waals surface area contributed by atoms with Crippen LogP contribution in [0.1, 0.15) is 65.3 Å². The van der Waals surface area contributed by atoms with Crippen molar-refractivity contribution < 1.29 is 9.53 Å². The third-order valence-corrected chi connectivity index (χ3v) is 6.44. The maximum absolute atomic E-state index is 12.0. The van der Waals surface area contributed by atoms with Crippen molar-refractivity contribution in [3.63, 3.8) is 0 Å². The number of fused-ring (bicyclic) bond motifs is 1. The normalized spacial score (nSPS) is 22.3. The fourth-order valence-electron chi connectivity index (χ4n) is 4.52. The molecule has 10 nitrogen and oxygen atoms in total. The number of hydrogen-bond acceptors (Lipinski definition) is 8. The molecule has 2 aromatic rings. The van der Waals surface area contributed by atoms with Crippen LogP contribution in [0.5, 0.6) is 0 Å². The van der Waals surface area contributed by atoms with Crippen molar-refractivity contribution in [1.29, 1.82) is 0 Å². The number of imidazole rings is 1. The molecule has 1 aliphatic heterocycles. The predicted octanol–water partition coefficient (Wildman–Crippen LogP) is 3.12. The van der Waals surface area contributed by atoms with Crippen LogP contribution in [0.2, 0.25) is 0 Å². The summed E-state index contributed by atoms with van der Waals surface area (Å²) in [7, 11) is 0. The van der Waals surface area contributed by atoms with Crippen molar-refractivity contribution in [2.24, 2.45) is 5.73 Å². The standard InChI is InChI=1S/C22H36N8O2/c1-4-32-22(31)29-11-9-17(10-12-29)25-19-18-20(30(13-24-18)14(2)3)28-21(27-19)26-16-7-5-15(23)6-8-16/h13-17H,4-12,23H2,1-3H3,(H2,25,26,27,28). The summed E-state index contributed by atoms with van der Waals surface area (Å²) in [6, 6.07) is 1.10. The number of piperidine rings is 1. The quantitative estimate of drug-likeness (QED) is 0.621. The number of aromatic nitrogens is 4. The molecule has 2 aliphatic rings. The van der Waals surface area contributed by atoms with Gasteiger partial charge >= 0.3 is 6.09 Å². The first kappa shape index (κ1) is 22.6. The van der Waals surface area contributed by atoms with E-state index in [2.05, 4.69) is 34.0 Å². The highest BCUT2D eigenvalue weighted by Gasteiger charge is 2.26. The molecule has 0 radical (unpaired) electrons.